The lowest BCUT2D eigenvalue weighted by atomic mass is 9.76. The molecular formula is C40H40Cl3N7O4. The first-order valence-corrected chi connectivity index (χ1v) is 18.6. The Kier molecular flexibility index (Phi) is 11.1. The molecule has 0 saturated carbocycles. The van der Waals surface area contributed by atoms with Crippen LogP contribution >= 0.6 is 34.8 Å². The highest BCUT2D eigenvalue weighted by Crippen LogP contribution is 2.40. The van der Waals surface area contributed by atoms with Crippen molar-refractivity contribution >= 4 is 80.8 Å². The van der Waals surface area contributed by atoms with Gasteiger partial charge in [0.2, 0.25) is 6.04 Å². The summed E-state index contributed by atoms with van der Waals surface area (Å²) in [6, 6.07) is 21.2. The van der Waals surface area contributed by atoms with Crippen LogP contribution in [0.3, 0.4) is 0 Å². The van der Waals surface area contributed by atoms with Crippen LogP contribution in [0.1, 0.15) is 81.9 Å². The molecule has 0 aliphatic carbocycles. The number of amidine groups is 1. The smallest absolute Gasteiger partial charge is 0.282 e. The molecule has 0 bridgehead atoms. The molecule has 1 aliphatic heterocycles. The minimum atomic E-state index is -1.27. The van der Waals surface area contributed by atoms with Gasteiger partial charge < -0.3 is 15.4 Å². The quantitative estimate of drug-likeness (QED) is 0.137. The van der Waals surface area contributed by atoms with Crippen LogP contribution in [0.15, 0.2) is 84.0 Å². The number of benzene rings is 4. The van der Waals surface area contributed by atoms with E-state index in [1.165, 1.54) is 28.6 Å². The Hall–Kier alpha value is -4.97. The second-order valence-corrected chi connectivity index (χ2v) is 15.6. The van der Waals surface area contributed by atoms with Crippen LogP contribution < -0.4 is 20.4 Å². The molecule has 3 amide bonds. The normalized spacial score (nSPS) is 14.7. The molecular weight excluding hydrogens is 749 g/mol. The van der Waals surface area contributed by atoms with Gasteiger partial charge in [0, 0.05) is 21.8 Å². The lowest BCUT2D eigenvalue weighted by molar-refractivity contribution is -0.120. The summed E-state index contributed by atoms with van der Waals surface area (Å²) in [6.07, 6.45) is 1.87. The Balaban J connectivity index is 1.21. The number of nitrogens with zero attached hydrogens (tertiary/aromatic N) is 5. The SMILES string of the molecule is CCC(C)(C)c1ccc(OCC(=O)Nc2cccc(C(=O)NC3=NN(c4c(Cl)cc(Cl)cc4Cl)C(=O)C3n3nc4ccccc4n3)c2)c(C(C)(C)CC)c1. The molecule has 11 nitrogen and oxygen atoms in total. The van der Waals surface area contributed by atoms with Gasteiger partial charge in [-0.15, -0.1) is 5.10 Å². The van der Waals surface area contributed by atoms with Crippen molar-refractivity contribution in [1.29, 1.82) is 0 Å². The lowest BCUT2D eigenvalue weighted by Gasteiger charge is -2.30. The minimum Gasteiger partial charge on any atom is -0.483 e. The van der Waals surface area contributed by atoms with Gasteiger partial charge >= 0.3 is 0 Å². The first-order chi connectivity index (χ1) is 25.6. The van der Waals surface area contributed by atoms with E-state index in [1.807, 2.05) is 6.07 Å². The van der Waals surface area contributed by atoms with Crippen molar-refractivity contribution in [2.45, 2.75) is 71.3 Å². The van der Waals surface area contributed by atoms with Gasteiger partial charge in [-0.25, -0.2) is 0 Å². The third kappa shape index (κ3) is 7.94. The van der Waals surface area contributed by atoms with E-state index in [2.05, 4.69) is 79.6 Å². The van der Waals surface area contributed by atoms with Crippen molar-refractivity contribution in [2.24, 2.45) is 5.10 Å². The molecule has 4 aromatic carbocycles. The number of hydrogen-bond donors (Lipinski definition) is 2. The van der Waals surface area contributed by atoms with Crippen LogP contribution in [0.5, 0.6) is 5.75 Å². The van der Waals surface area contributed by atoms with Crippen molar-refractivity contribution in [3.63, 3.8) is 0 Å². The summed E-state index contributed by atoms with van der Waals surface area (Å²) in [5.74, 6) is -1.05. The van der Waals surface area contributed by atoms with Crippen LogP contribution in [0.4, 0.5) is 11.4 Å². The zero-order chi connectivity index (χ0) is 38.9. The van der Waals surface area contributed by atoms with E-state index in [1.54, 1.807) is 42.5 Å². The maximum Gasteiger partial charge on any atom is 0.282 e. The highest BCUT2D eigenvalue weighted by molar-refractivity contribution is 6.43. The Morgan fingerprint density at radius 3 is 2.09 bits per heavy atom. The molecule has 1 aliphatic rings. The molecule has 1 aromatic heterocycles. The largest absolute Gasteiger partial charge is 0.483 e. The molecule has 5 aromatic rings. The average Bonchev–Trinajstić information content (AvgIpc) is 3.70. The monoisotopic (exact) mass is 787 g/mol. The predicted molar refractivity (Wildman–Crippen MR) is 214 cm³/mol. The van der Waals surface area contributed by atoms with Gasteiger partial charge in [0.15, 0.2) is 12.4 Å². The Labute approximate surface area is 328 Å². The molecule has 0 spiro atoms. The molecule has 14 heteroatoms. The minimum absolute atomic E-state index is 0.00514. The van der Waals surface area contributed by atoms with Crippen LogP contribution in [0.25, 0.3) is 11.0 Å². The third-order valence-electron chi connectivity index (χ3n) is 9.90. The average molecular weight is 789 g/mol. The number of anilines is 2. The third-order valence-corrected chi connectivity index (χ3v) is 10.7. The fourth-order valence-electron chi connectivity index (χ4n) is 5.90. The summed E-state index contributed by atoms with van der Waals surface area (Å²) < 4.78 is 6.10. The Morgan fingerprint density at radius 2 is 1.46 bits per heavy atom. The Bertz CT molecular complexity index is 2250. The standard InChI is InChI=1S/C40H40Cl3N7O4/c1-7-39(3,4)24-16-17-32(27(19-24)40(5,6)8-2)54-22-33(51)44-26-13-11-12-23(18-26)37(52)45-36-35(50-46-30-14-9-10-15-31(30)47-50)38(53)49(48-36)34-28(42)20-25(41)21-29(34)43/h9-21,35H,7-8,22H2,1-6H3,(H,44,51)(H,45,48,52). The number of hydrazone groups is 1. The summed E-state index contributed by atoms with van der Waals surface area (Å²) in [5.41, 5.74) is 3.78. The van der Waals surface area contributed by atoms with E-state index in [0.29, 0.717) is 22.5 Å². The molecule has 6 rings (SSSR count). The summed E-state index contributed by atoms with van der Waals surface area (Å²) in [7, 11) is 0. The number of rotatable bonds is 11. The number of fused-ring (bicyclic) bond motifs is 1. The predicted octanol–water partition coefficient (Wildman–Crippen LogP) is 9.12. The number of carbonyl (C=O) groups is 3. The van der Waals surface area contributed by atoms with E-state index < -0.39 is 23.8 Å². The van der Waals surface area contributed by atoms with Crippen molar-refractivity contribution in [3.05, 3.63) is 111 Å². The number of carbonyl (C=O) groups excluding carboxylic acids is 3. The number of ether oxygens (including phenoxy) is 1. The molecule has 0 radical (unpaired) electrons. The van der Waals surface area contributed by atoms with Gasteiger partial charge in [0.05, 0.1) is 10.0 Å². The first-order valence-electron chi connectivity index (χ1n) is 17.5. The zero-order valence-corrected chi connectivity index (χ0v) is 33.0. The van der Waals surface area contributed by atoms with Crippen molar-refractivity contribution in [3.8, 4) is 5.75 Å². The van der Waals surface area contributed by atoms with Crippen molar-refractivity contribution in [1.82, 2.24) is 20.3 Å². The number of amides is 3. The van der Waals surface area contributed by atoms with Crippen LogP contribution in [-0.4, -0.2) is 45.2 Å². The van der Waals surface area contributed by atoms with Gasteiger partial charge in [-0.3, -0.25) is 14.4 Å². The van der Waals surface area contributed by atoms with E-state index >= 15 is 0 Å². The summed E-state index contributed by atoms with van der Waals surface area (Å²) in [5, 5.41) is 20.3. The topological polar surface area (TPSA) is 131 Å². The van der Waals surface area contributed by atoms with Crippen LogP contribution in [0, 0.1) is 0 Å². The van der Waals surface area contributed by atoms with Crippen molar-refractivity contribution < 1.29 is 19.1 Å². The van der Waals surface area contributed by atoms with Crippen LogP contribution in [0.2, 0.25) is 15.1 Å². The van der Waals surface area contributed by atoms with E-state index in [4.69, 9.17) is 39.5 Å². The molecule has 54 heavy (non-hydrogen) atoms. The molecule has 2 heterocycles. The second-order valence-electron chi connectivity index (χ2n) is 14.3. The molecule has 1 atom stereocenters. The maximum atomic E-state index is 14.0. The highest BCUT2D eigenvalue weighted by Gasteiger charge is 2.42. The summed E-state index contributed by atoms with van der Waals surface area (Å²) in [4.78, 5) is 42.0. The molecule has 2 N–H and O–H groups in total. The lowest BCUT2D eigenvalue weighted by Crippen LogP contribution is -2.39. The molecule has 0 saturated heterocycles. The van der Waals surface area contributed by atoms with E-state index in [0.717, 1.165) is 23.4 Å². The number of nitrogens with one attached hydrogen (secondary N) is 2. The van der Waals surface area contributed by atoms with Gasteiger partial charge in [-0.2, -0.15) is 20.0 Å². The summed E-state index contributed by atoms with van der Waals surface area (Å²) in [6.45, 7) is 12.8. The zero-order valence-electron chi connectivity index (χ0n) is 30.7. The van der Waals surface area contributed by atoms with E-state index in [-0.39, 0.29) is 49.6 Å². The van der Waals surface area contributed by atoms with Gasteiger partial charge in [0.25, 0.3) is 17.7 Å². The van der Waals surface area contributed by atoms with Gasteiger partial charge in [-0.05, 0) is 77.8 Å². The highest BCUT2D eigenvalue weighted by atomic mass is 35.5. The molecule has 1 unspecified atom stereocenters. The van der Waals surface area contributed by atoms with E-state index in [9.17, 15) is 14.4 Å². The number of aromatic nitrogens is 3. The van der Waals surface area contributed by atoms with Gasteiger partial charge in [0.1, 0.15) is 22.5 Å². The fourth-order valence-corrected chi connectivity index (χ4v) is 6.88. The number of halogens is 3. The van der Waals surface area contributed by atoms with Crippen molar-refractivity contribution in [2.75, 3.05) is 16.9 Å². The Morgan fingerprint density at radius 1 is 0.815 bits per heavy atom. The number of hydrogen-bond acceptors (Lipinski definition) is 7. The van der Waals surface area contributed by atoms with Gasteiger partial charge in [-0.1, -0.05) is 107 Å². The molecule has 0 fully saturated rings. The second kappa shape index (κ2) is 15.4. The summed E-state index contributed by atoms with van der Waals surface area (Å²) >= 11 is 19.0. The molecule has 280 valence electrons. The first kappa shape index (κ1) is 38.7. The fraction of sp³-hybridized carbons (Fsp3) is 0.300. The van der Waals surface area contributed by atoms with Crippen LogP contribution in [-0.2, 0) is 20.4 Å². The maximum absolute atomic E-state index is 14.0.